The zero-order valence-corrected chi connectivity index (χ0v) is 10.5. The summed E-state index contributed by atoms with van der Waals surface area (Å²) in [5.41, 5.74) is 6.25. The average molecular weight is 249 g/mol. The standard InChI is InChI=1S/C13H19N3O2/c1-10(14)7-8-12(17)15-9-13(18)16-11-5-3-2-4-6-11/h2-6,10H,7-9,14H2,1H3,(H,15,17)(H,16,18). The molecule has 0 saturated carbocycles. The van der Waals surface area contributed by atoms with Gasteiger partial charge in [0, 0.05) is 18.2 Å². The number of hydrogen-bond acceptors (Lipinski definition) is 3. The van der Waals surface area contributed by atoms with E-state index in [0.717, 1.165) is 0 Å². The summed E-state index contributed by atoms with van der Waals surface area (Å²) in [6.07, 6.45) is 0.961. The first kappa shape index (κ1) is 14.2. The summed E-state index contributed by atoms with van der Waals surface area (Å²) in [5, 5.41) is 5.24. The van der Waals surface area contributed by atoms with Crippen molar-refractivity contribution in [3.05, 3.63) is 30.3 Å². The van der Waals surface area contributed by atoms with E-state index in [-0.39, 0.29) is 24.4 Å². The number of carbonyl (C=O) groups excluding carboxylic acids is 2. The fourth-order valence-electron chi connectivity index (χ4n) is 1.35. The van der Waals surface area contributed by atoms with E-state index < -0.39 is 0 Å². The molecule has 2 amide bonds. The monoisotopic (exact) mass is 249 g/mol. The first-order valence-electron chi connectivity index (χ1n) is 5.95. The molecule has 1 aromatic carbocycles. The second-order valence-electron chi connectivity index (χ2n) is 4.21. The molecule has 5 heteroatoms. The van der Waals surface area contributed by atoms with Gasteiger partial charge in [0.1, 0.15) is 0 Å². The lowest BCUT2D eigenvalue weighted by atomic mass is 10.2. The van der Waals surface area contributed by atoms with E-state index in [1.165, 1.54) is 0 Å². The summed E-state index contributed by atoms with van der Waals surface area (Å²) in [5.74, 6) is -0.397. The maximum atomic E-state index is 11.5. The molecule has 0 aliphatic carbocycles. The van der Waals surface area contributed by atoms with Gasteiger partial charge in [0.2, 0.25) is 11.8 Å². The van der Waals surface area contributed by atoms with Gasteiger partial charge in [-0.1, -0.05) is 18.2 Å². The molecular formula is C13H19N3O2. The van der Waals surface area contributed by atoms with E-state index in [2.05, 4.69) is 10.6 Å². The van der Waals surface area contributed by atoms with Crippen LogP contribution in [0.25, 0.3) is 0 Å². The maximum absolute atomic E-state index is 11.5. The number of nitrogens with one attached hydrogen (secondary N) is 2. The lowest BCUT2D eigenvalue weighted by molar-refractivity contribution is -0.124. The number of carbonyl (C=O) groups is 2. The van der Waals surface area contributed by atoms with Crippen LogP contribution in [0, 0.1) is 0 Å². The molecule has 0 aliphatic rings. The van der Waals surface area contributed by atoms with Crippen molar-refractivity contribution in [1.82, 2.24) is 5.32 Å². The zero-order valence-electron chi connectivity index (χ0n) is 10.5. The Labute approximate surface area is 107 Å². The third-order valence-electron chi connectivity index (χ3n) is 2.33. The van der Waals surface area contributed by atoms with E-state index in [0.29, 0.717) is 18.5 Å². The highest BCUT2D eigenvalue weighted by Gasteiger charge is 2.06. The van der Waals surface area contributed by atoms with E-state index in [4.69, 9.17) is 5.73 Å². The van der Waals surface area contributed by atoms with Crippen LogP contribution >= 0.6 is 0 Å². The van der Waals surface area contributed by atoms with Gasteiger partial charge < -0.3 is 16.4 Å². The first-order valence-corrected chi connectivity index (χ1v) is 5.95. The fraction of sp³-hybridized carbons (Fsp3) is 0.385. The number of benzene rings is 1. The Bertz CT molecular complexity index is 390. The number of para-hydroxylation sites is 1. The maximum Gasteiger partial charge on any atom is 0.243 e. The van der Waals surface area contributed by atoms with E-state index >= 15 is 0 Å². The summed E-state index contributed by atoms with van der Waals surface area (Å²) in [7, 11) is 0. The molecule has 0 spiro atoms. The second-order valence-corrected chi connectivity index (χ2v) is 4.21. The molecule has 0 heterocycles. The Hall–Kier alpha value is -1.88. The highest BCUT2D eigenvalue weighted by atomic mass is 16.2. The molecule has 1 rings (SSSR count). The van der Waals surface area contributed by atoms with Crippen molar-refractivity contribution < 1.29 is 9.59 Å². The van der Waals surface area contributed by atoms with E-state index in [1.54, 1.807) is 12.1 Å². The van der Waals surface area contributed by atoms with Crippen LogP contribution in [0.2, 0.25) is 0 Å². The molecule has 0 aromatic heterocycles. The number of anilines is 1. The van der Waals surface area contributed by atoms with Crippen molar-refractivity contribution in [3.8, 4) is 0 Å². The summed E-state index contributed by atoms with van der Waals surface area (Å²) in [6.45, 7) is 1.82. The first-order chi connectivity index (χ1) is 8.58. The minimum atomic E-state index is -0.240. The van der Waals surface area contributed by atoms with Gasteiger partial charge >= 0.3 is 0 Å². The molecule has 0 radical (unpaired) electrons. The molecule has 0 aliphatic heterocycles. The molecule has 18 heavy (non-hydrogen) atoms. The zero-order chi connectivity index (χ0) is 13.4. The Morgan fingerprint density at radius 1 is 1.22 bits per heavy atom. The van der Waals surface area contributed by atoms with Crippen LogP contribution in [0.1, 0.15) is 19.8 Å². The van der Waals surface area contributed by atoms with Crippen molar-refractivity contribution in [3.63, 3.8) is 0 Å². The van der Waals surface area contributed by atoms with Crippen LogP contribution in [0.5, 0.6) is 0 Å². The van der Waals surface area contributed by atoms with Crippen molar-refractivity contribution in [2.24, 2.45) is 5.73 Å². The Kier molecular flexibility index (Phi) is 5.87. The quantitative estimate of drug-likeness (QED) is 0.699. The molecule has 1 aromatic rings. The van der Waals surface area contributed by atoms with Crippen molar-refractivity contribution >= 4 is 17.5 Å². The summed E-state index contributed by atoms with van der Waals surface area (Å²) in [4.78, 5) is 22.9. The number of hydrogen-bond donors (Lipinski definition) is 3. The fourth-order valence-corrected chi connectivity index (χ4v) is 1.35. The summed E-state index contributed by atoms with van der Waals surface area (Å²) < 4.78 is 0. The third-order valence-corrected chi connectivity index (χ3v) is 2.33. The second kappa shape index (κ2) is 7.45. The average Bonchev–Trinajstić information content (AvgIpc) is 2.35. The molecule has 1 atom stereocenters. The van der Waals surface area contributed by atoms with Crippen LogP contribution in [-0.2, 0) is 9.59 Å². The molecule has 0 bridgehead atoms. The van der Waals surface area contributed by atoms with Gasteiger partial charge in [0.25, 0.3) is 0 Å². The van der Waals surface area contributed by atoms with Crippen LogP contribution in [0.15, 0.2) is 30.3 Å². The van der Waals surface area contributed by atoms with Gasteiger partial charge in [0.15, 0.2) is 0 Å². The SMILES string of the molecule is CC(N)CCC(=O)NCC(=O)Nc1ccccc1. The van der Waals surface area contributed by atoms with Gasteiger partial charge in [-0.2, -0.15) is 0 Å². The highest BCUT2D eigenvalue weighted by Crippen LogP contribution is 2.03. The summed E-state index contributed by atoms with van der Waals surface area (Å²) in [6, 6.07) is 9.10. The van der Waals surface area contributed by atoms with Crippen LogP contribution < -0.4 is 16.4 Å². The smallest absolute Gasteiger partial charge is 0.243 e. The lowest BCUT2D eigenvalue weighted by Crippen LogP contribution is -2.33. The Balaban J connectivity index is 2.23. The van der Waals surface area contributed by atoms with Crippen LogP contribution in [0.4, 0.5) is 5.69 Å². The lowest BCUT2D eigenvalue weighted by Gasteiger charge is -2.07. The number of amides is 2. The molecular weight excluding hydrogens is 230 g/mol. The van der Waals surface area contributed by atoms with Gasteiger partial charge in [-0.05, 0) is 25.5 Å². The molecule has 98 valence electrons. The Morgan fingerprint density at radius 3 is 2.50 bits per heavy atom. The molecule has 0 saturated heterocycles. The van der Waals surface area contributed by atoms with Crippen molar-refractivity contribution in [2.75, 3.05) is 11.9 Å². The summed E-state index contributed by atoms with van der Waals surface area (Å²) >= 11 is 0. The van der Waals surface area contributed by atoms with Gasteiger partial charge in [0.05, 0.1) is 6.54 Å². The predicted molar refractivity (Wildman–Crippen MR) is 71.0 cm³/mol. The number of nitrogens with two attached hydrogens (primary N) is 1. The minimum Gasteiger partial charge on any atom is -0.347 e. The minimum absolute atomic E-state index is 0.00565. The molecule has 5 nitrogen and oxygen atoms in total. The molecule has 1 unspecified atom stereocenters. The normalized spacial score (nSPS) is 11.7. The number of rotatable bonds is 6. The van der Waals surface area contributed by atoms with E-state index in [9.17, 15) is 9.59 Å². The molecule has 0 fully saturated rings. The third kappa shape index (κ3) is 6.00. The van der Waals surface area contributed by atoms with Crippen LogP contribution in [0.3, 0.4) is 0 Å². The van der Waals surface area contributed by atoms with Crippen LogP contribution in [-0.4, -0.2) is 24.4 Å². The van der Waals surface area contributed by atoms with Gasteiger partial charge in [-0.3, -0.25) is 9.59 Å². The predicted octanol–water partition coefficient (Wildman–Crippen LogP) is 0.869. The van der Waals surface area contributed by atoms with Gasteiger partial charge in [-0.15, -0.1) is 0 Å². The topological polar surface area (TPSA) is 84.2 Å². The largest absolute Gasteiger partial charge is 0.347 e. The van der Waals surface area contributed by atoms with Crippen molar-refractivity contribution in [1.29, 1.82) is 0 Å². The van der Waals surface area contributed by atoms with Crippen molar-refractivity contribution in [2.45, 2.75) is 25.8 Å². The van der Waals surface area contributed by atoms with Gasteiger partial charge in [-0.25, -0.2) is 0 Å². The van der Waals surface area contributed by atoms with E-state index in [1.807, 2.05) is 25.1 Å². The highest BCUT2D eigenvalue weighted by molar-refractivity contribution is 5.94. The Morgan fingerprint density at radius 2 is 1.89 bits per heavy atom. The molecule has 4 N–H and O–H groups in total.